The second-order valence-corrected chi connectivity index (χ2v) is 5.67. The number of nitrogens with two attached hydrogens (primary N) is 2. The predicted molar refractivity (Wildman–Crippen MR) is 88.0 cm³/mol. The van der Waals surface area contributed by atoms with Gasteiger partial charge in [0.2, 0.25) is 0 Å². The van der Waals surface area contributed by atoms with Crippen molar-refractivity contribution in [3.05, 3.63) is 60.2 Å². The standard InChI is InChI=1S/C18H28N4/c19-9-1-11-21-13-5-17(6-14-21)3-4-18-7-15-22(16-8-18)12-2-10-20/h5-8,13-16H,1-4,9-12,19-20H2/q+2. The van der Waals surface area contributed by atoms with E-state index in [1.165, 1.54) is 11.1 Å². The van der Waals surface area contributed by atoms with Gasteiger partial charge in [-0.2, -0.15) is 0 Å². The highest BCUT2D eigenvalue weighted by Gasteiger charge is 2.03. The van der Waals surface area contributed by atoms with Gasteiger partial charge in [0.25, 0.3) is 0 Å². The summed E-state index contributed by atoms with van der Waals surface area (Å²) in [5, 5.41) is 0. The Morgan fingerprint density at radius 2 is 1.00 bits per heavy atom. The third-order valence-electron chi connectivity index (χ3n) is 3.86. The quantitative estimate of drug-likeness (QED) is 0.671. The Morgan fingerprint density at radius 1 is 0.636 bits per heavy atom. The van der Waals surface area contributed by atoms with Gasteiger partial charge in [0.15, 0.2) is 24.8 Å². The smallest absolute Gasteiger partial charge is 0.169 e. The van der Waals surface area contributed by atoms with Gasteiger partial charge in [-0.05, 0) is 37.1 Å². The molecule has 2 aromatic rings. The molecule has 2 heterocycles. The fourth-order valence-electron chi connectivity index (χ4n) is 2.44. The maximum Gasteiger partial charge on any atom is 0.169 e. The number of nitrogens with zero attached hydrogens (tertiary/aromatic N) is 2. The minimum atomic E-state index is 0.744. The molecule has 4 heteroatoms. The number of hydrogen-bond donors (Lipinski definition) is 2. The molecule has 22 heavy (non-hydrogen) atoms. The van der Waals surface area contributed by atoms with Crippen LogP contribution in [-0.4, -0.2) is 13.1 Å². The van der Waals surface area contributed by atoms with Gasteiger partial charge in [0, 0.05) is 37.1 Å². The zero-order chi connectivity index (χ0) is 15.6. The van der Waals surface area contributed by atoms with Crippen molar-refractivity contribution in [1.82, 2.24) is 0 Å². The van der Waals surface area contributed by atoms with Crippen LogP contribution in [0, 0.1) is 0 Å². The molecule has 2 rings (SSSR count). The fraction of sp³-hybridized carbons (Fsp3) is 0.444. The summed E-state index contributed by atoms with van der Waals surface area (Å²) in [5.41, 5.74) is 13.8. The summed E-state index contributed by atoms with van der Waals surface area (Å²) >= 11 is 0. The predicted octanol–water partition coefficient (Wildman–Crippen LogP) is 0.744. The highest BCUT2D eigenvalue weighted by molar-refractivity contribution is 5.13. The van der Waals surface area contributed by atoms with Gasteiger partial charge < -0.3 is 11.5 Å². The highest BCUT2D eigenvalue weighted by Crippen LogP contribution is 2.04. The zero-order valence-corrected chi connectivity index (χ0v) is 13.3. The summed E-state index contributed by atoms with van der Waals surface area (Å²) in [4.78, 5) is 0. The molecule has 0 unspecified atom stereocenters. The van der Waals surface area contributed by atoms with Crippen LogP contribution < -0.4 is 20.6 Å². The van der Waals surface area contributed by atoms with E-state index in [0.29, 0.717) is 0 Å². The van der Waals surface area contributed by atoms with E-state index >= 15 is 0 Å². The molecule has 0 fully saturated rings. The van der Waals surface area contributed by atoms with Gasteiger partial charge in [-0.25, -0.2) is 9.13 Å². The van der Waals surface area contributed by atoms with E-state index in [9.17, 15) is 0 Å². The first kappa shape index (κ1) is 16.6. The molecule has 0 amide bonds. The van der Waals surface area contributed by atoms with E-state index in [0.717, 1.165) is 51.9 Å². The normalized spacial score (nSPS) is 10.8. The maximum absolute atomic E-state index is 5.53. The highest BCUT2D eigenvalue weighted by atomic mass is 14.9. The van der Waals surface area contributed by atoms with Crippen LogP contribution >= 0.6 is 0 Å². The van der Waals surface area contributed by atoms with Gasteiger partial charge in [-0.15, -0.1) is 0 Å². The minimum Gasteiger partial charge on any atom is -0.330 e. The average molecular weight is 300 g/mol. The van der Waals surface area contributed by atoms with E-state index in [2.05, 4.69) is 58.2 Å². The van der Waals surface area contributed by atoms with Crippen LogP contribution in [0.3, 0.4) is 0 Å². The maximum atomic E-state index is 5.53. The van der Waals surface area contributed by atoms with Crippen LogP contribution in [0.2, 0.25) is 0 Å². The lowest BCUT2D eigenvalue weighted by atomic mass is 10.1. The molecule has 0 bridgehead atoms. The number of pyridine rings is 2. The molecule has 0 atom stereocenters. The largest absolute Gasteiger partial charge is 0.330 e. The Labute approximate surface area is 133 Å². The van der Waals surface area contributed by atoms with Crippen LogP contribution in [0.15, 0.2) is 49.1 Å². The first-order valence-corrected chi connectivity index (χ1v) is 8.18. The van der Waals surface area contributed by atoms with Crippen LogP contribution in [0.5, 0.6) is 0 Å². The lowest BCUT2D eigenvalue weighted by Crippen LogP contribution is -2.34. The van der Waals surface area contributed by atoms with Crippen molar-refractivity contribution in [2.24, 2.45) is 11.5 Å². The minimum absolute atomic E-state index is 0.744. The summed E-state index contributed by atoms with van der Waals surface area (Å²) < 4.78 is 4.39. The number of aromatic nitrogens is 2. The number of hydrogen-bond acceptors (Lipinski definition) is 2. The Balaban J connectivity index is 1.81. The van der Waals surface area contributed by atoms with E-state index in [-0.39, 0.29) is 0 Å². The summed E-state index contributed by atoms with van der Waals surface area (Å²) in [6.07, 6.45) is 12.8. The lowest BCUT2D eigenvalue weighted by Gasteiger charge is -2.02. The monoisotopic (exact) mass is 300 g/mol. The first-order valence-electron chi connectivity index (χ1n) is 8.18. The summed E-state index contributed by atoms with van der Waals surface area (Å²) in [5.74, 6) is 0. The molecule has 0 aliphatic heterocycles. The SMILES string of the molecule is NCCC[n+]1ccc(CCc2cc[n+](CCCN)cc2)cc1. The first-order chi connectivity index (χ1) is 10.8. The van der Waals surface area contributed by atoms with E-state index in [1.54, 1.807) is 0 Å². The van der Waals surface area contributed by atoms with Gasteiger partial charge in [0.1, 0.15) is 13.1 Å². The Kier molecular flexibility index (Phi) is 7.00. The van der Waals surface area contributed by atoms with Crippen molar-refractivity contribution >= 4 is 0 Å². The van der Waals surface area contributed by atoms with Crippen LogP contribution in [0.1, 0.15) is 24.0 Å². The lowest BCUT2D eigenvalue weighted by molar-refractivity contribution is -0.697. The van der Waals surface area contributed by atoms with Crippen molar-refractivity contribution in [3.63, 3.8) is 0 Å². The molecular formula is C18H28N4+2. The molecule has 2 aromatic heterocycles. The number of rotatable bonds is 9. The van der Waals surface area contributed by atoms with Crippen molar-refractivity contribution < 1.29 is 9.13 Å². The van der Waals surface area contributed by atoms with Crippen molar-refractivity contribution in [2.75, 3.05) is 13.1 Å². The van der Waals surface area contributed by atoms with E-state index in [4.69, 9.17) is 11.5 Å². The molecule has 4 nitrogen and oxygen atoms in total. The third-order valence-corrected chi connectivity index (χ3v) is 3.86. The topological polar surface area (TPSA) is 59.8 Å². The number of aryl methyl sites for hydroxylation is 4. The molecule has 0 saturated carbocycles. The van der Waals surface area contributed by atoms with Crippen molar-refractivity contribution in [2.45, 2.75) is 38.8 Å². The molecule has 0 saturated heterocycles. The van der Waals surface area contributed by atoms with E-state index in [1.807, 2.05) is 0 Å². The molecule has 0 aliphatic carbocycles. The average Bonchev–Trinajstić information content (AvgIpc) is 2.58. The van der Waals surface area contributed by atoms with Gasteiger partial charge in [-0.1, -0.05) is 0 Å². The molecule has 0 spiro atoms. The second-order valence-electron chi connectivity index (χ2n) is 5.67. The molecule has 0 aliphatic rings. The van der Waals surface area contributed by atoms with Crippen molar-refractivity contribution in [1.29, 1.82) is 0 Å². The molecule has 4 N–H and O–H groups in total. The molecule has 0 aromatic carbocycles. The van der Waals surface area contributed by atoms with Crippen LogP contribution in [0.4, 0.5) is 0 Å². The zero-order valence-electron chi connectivity index (χ0n) is 13.3. The Morgan fingerprint density at radius 3 is 1.32 bits per heavy atom. The van der Waals surface area contributed by atoms with Gasteiger partial charge in [-0.3, -0.25) is 0 Å². The summed E-state index contributed by atoms with van der Waals surface area (Å²) in [7, 11) is 0. The van der Waals surface area contributed by atoms with Crippen LogP contribution in [0.25, 0.3) is 0 Å². The van der Waals surface area contributed by atoms with Gasteiger partial charge in [0.05, 0.1) is 0 Å². The summed E-state index contributed by atoms with van der Waals surface area (Å²) in [6.45, 7) is 3.48. The van der Waals surface area contributed by atoms with Crippen LogP contribution in [-0.2, 0) is 25.9 Å². The summed E-state index contributed by atoms with van der Waals surface area (Å²) in [6, 6.07) is 8.84. The Bertz CT molecular complexity index is 483. The fourth-order valence-corrected chi connectivity index (χ4v) is 2.44. The Hall–Kier alpha value is -1.78. The van der Waals surface area contributed by atoms with Gasteiger partial charge >= 0.3 is 0 Å². The second kappa shape index (κ2) is 9.28. The van der Waals surface area contributed by atoms with Crippen molar-refractivity contribution in [3.8, 4) is 0 Å². The third kappa shape index (κ3) is 5.54. The molecular weight excluding hydrogens is 272 g/mol. The molecule has 0 radical (unpaired) electrons. The van der Waals surface area contributed by atoms with E-state index < -0.39 is 0 Å². The molecule has 118 valence electrons.